The van der Waals surface area contributed by atoms with Crippen molar-refractivity contribution in [2.45, 2.75) is 6.18 Å². The summed E-state index contributed by atoms with van der Waals surface area (Å²) in [7, 11) is 2.22. The van der Waals surface area contributed by atoms with E-state index in [1.165, 1.54) is 12.1 Å². The van der Waals surface area contributed by atoms with E-state index in [9.17, 15) is 22.8 Å². The van der Waals surface area contributed by atoms with Gasteiger partial charge in [-0.15, -0.1) is 0 Å². The van der Waals surface area contributed by atoms with Crippen molar-refractivity contribution in [3.63, 3.8) is 0 Å². The zero-order valence-corrected chi connectivity index (χ0v) is 17.9. The van der Waals surface area contributed by atoms with Crippen LogP contribution in [0, 0.1) is 0 Å². The minimum absolute atomic E-state index is 0.102. The zero-order chi connectivity index (χ0) is 23.3. The average Bonchev–Trinajstić information content (AvgIpc) is 2.69. The molecule has 1 N–H and O–H groups in total. The normalized spacial score (nSPS) is 11.7. The smallest absolute Gasteiger partial charge is 0.417 e. The third-order valence-corrected chi connectivity index (χ3v) is 4.31. The first-order valence-electron chi connectivity index (χ1n) is 8.01. The number of nitrogens with zero attached hydrogens (tertiary/aromatic N) is 1. The number of halogens is 6. The maximum Gasteiger partial charge on any atom is 0.417 e. The maximum absolute atomic E-state index is 12.7. The van der Waals surface area contributed by atoms with Crippen LogP contribution in [-0.2, 0) is 25.2 Å². The predicted octanol–water partition coefficient (Wildman–Crippen LogP) is 5.49. The van der Waals surface area contributed by atoms with Crippen molar-refractivity contribution in [2.75, 3.05) is 19.5 Å². The lowest BCUT2D eigenvalue weighted by Crippen LogP contribution is -2.15. The fraction of sp³-hybridized carbons (Fsp3) is 0.167. The molecule has 1 heterocycles. The standard InChI is InChI=1S/C18H12Cl3F3N2O5/c1-29-14(27)6-13(17(28)30-2)26-9-4-10(19)15(11(20)5-9)31-16-12(21)3-8(7-25-16)18(22,23)24/h3-7,26H,1-2H3/b13-6+. The van der Waals surface area contributed by atoms with E-state index < -0.39 is 28.7 Å². The van der Waals surface area contributed by atoms with Gasteiger partial charge >= 0.3 is 18.1 Å². The number of carbonyl (C=O) groups excluding carboxylic acids is 2. The molecule has 0 saturated heterocycles. The topological polar surface area (TPSA) is 86.8 Å². The Labute approximate surface area is 188 Å². The van der Waals surface area contributed by atoms with Crippen molar-refractivity contribution < 1.29 is 37.0 Å². The first kappa shape index (κ1) is 24.6. The largest absolute Gasteiger partial charge is 0.466 e. The fourth-order valence-corrected chi connectivity index (χ4v) is 2.84. The van der Waals surface area contributed by atoms with Crippen LogP contribution in [0.4, 0.5) is 18.9 Å². The van der Waals surface area contributed by atoms with Gasteiger partial charge in [-0.2, -0.15) is 13.2 Å². The van der Waals surface area contributed by atoms with Crippen LogP contribution in [0.15, 0.2) is 36.2 Å². The number of benzene rings is 1. The highest BCUT2D eigenvalue weighted by Crippen LogP contribution is 2.41. The first-order valence-corrected chi connectivity index (χ1v) is 9.14. The molecule has 1 aromatic heterocycles. The van der Waals surface area contributed by atoms with E-state index in [2.05, 4.69) is 19.8 Å². The molecular formula is C18H12Cl3F3N2O5. The lowest BCUT2D eigenvalue weighted by Gasteiger charge is -2.14. The Morgan fingerprint density at radius 1 is 1.03 bits per heavy atom. The summed E-state index contributed by atoms with van der Waals surface area (Å²) < 4.78 is 52.6. The Morgan fingerprint density at radius 2 is 1.65 bits per heavy atom. The summed E-state index contributed by atoms with van der Waals surface area (Å²) in [5.41, 5.74) is -1.17. The van der Waals surface area contributed by atoms with Crippen LogP contribution in [0.5, 0.6) is 11.6 Å². The Balaban J connectivity index is 2.33. The highest BCUT2D eigenvalue weighted by molar-refractivity contribution is 6.37. The third kappa shape index (κ3) is 6.39. The number of carbonyl (C=O) groups is 2. The molecule has 0 unspecified atom stereocenters. The monoisotopic (exact) mass is 498 g/mol. The predicted molar refractivity (Wildman–Crippen MR) is 107 cm³/mol. The zero-order valence-electron chi connectivity index (χ0n) is 15.6. The first-order chi connectivity index (χ1) is 14.5. The Kier molecular flexibility index (Phi) is 7.99. The Hall–Kier alpha value is -2.69. The van der Waals surface area contributed by atoms with E-state index in [0.717, 1.165) is 20.3 Å². The van der Waals surface area contributed by atoms with Gasteiger partial charge in [0.25, 0.3) is 0 Å². The van der Waals surface area contributed by atoms with Crippen molar-refractivity contribution >= 4 is 52.4 Å². The van der Waals surface area contributed by atoms with E-state index in [1.807, 2.05) is 0 Å². The summed E-state index contributed by atoms with van der Waals surface area (Å²) in [6.07, 6.45) is -3.24. The van der Waals surface area contributed by atoms with Crippen LogP contribution in [0.3, 0.4) is 0 Å². The molecule has 7 nitrogen and oxygen atoms in total. The van der Waals surface area contributed by atoms with E-state index >= 15 is 0 Å². The quantitative estimate of drug-likeness (QED) is 0.415. The van der Waals surface area contributed by atoms with Gasteiger partial charge in [0.1, 0.15) is 10.7 Å². The van der Waals surface area contributed by atoms with E-state index in [-0.39, 0.29) is 33.1 Å². The molecule has 166 valence electrons. The second-order valence-corrected chi connectivity index (χ2v) is 6.80. The SMILES string of the molecule is COC(=O)/C=C(/Nc1cc(Cl)c(Oc2ncc(C(F)(F)F)cc2Cl)c(Cl)c1)C(=O)OC. The van der Waals surface area contributed by atoms with Gasteiger partial charge in [-0.3, -0.25) is 0 Å². The van der Waals surface area contributed by atoms with Crippen LogP contribution in [0.25, 0.3) is 0 Å². The number of methoxy groups -OCH3 is 2. The number of rotatable bonds is 6. The van der Waals surface area contributed by atoms with Crippen LogP contribution in [0.1, 0.15) is 5.56 Å². The molecule has 2 aromatic rings. The van der Waals surface area contributed by atoms with Crippen molar-refractivity contribution in [3.8, 4) is 11.6 Å². The van der Waals surface area contributed by atoms with Gasteiger partial charge in [0.2, 0.25) is 5.88 Å². The van der Waals surface area contributed by atoms with Crippen LogP contribution < -0.4 is 10.1 Å². The summed E-state index contributed by atoms with van der Waals surface area (Å²) in [4.78, 5) is 26.8. The van der Waals surface area contributed by atoms with Gasteiger partial charge in [0, 0.05) is 11.9 Å². The summed E-state index contributed by atoms with van der Waals surface area (Å²) in [6, 6.07) is 3.19. The number of hydrogen-bond acceptors (Lipinski definition) is 7. The highest BCUT2D eigenvalue weighted by atomic mass is 35.5. The van der Waals surface area contributed by atoms with Gasteiger partial charge < -0.3 is 19.5 Å². The molecule has 0 bridgehead atoms. The molecule has 0 saturated carbocycles. The minimum atomic E-state index is -4.63. The molecule has 1 aromatic carbocycles. The molecule has 13 heteroatoms. The molecule has 2 rings (SSSR count). The molecule has 0 aliphatic rings. The van der Waals surface area contributed by atoms with Gasteiger partial charge in [-0.25, -0.2) is 14.6 Å². The Morgan fingerprint density at radius 3 is 2.13 bits per heavy atom. The molecule has 0 aliphatic carbocycles. The second-order valence-electron chi connectivity index (χ2n) is 5.58. The second kappa shape index (κ2) is 10.1. The van der Waals surface area contributed by atoms with E-state index in [4.69, 9.17) is 39.5 Å². The van der Waals surface area contributed by atoms with E-state index in [0.29, 0.717) is 12.3 Å². The number of esters is 2. The molecule has 0 amide bonds. The van der Waals surface area contributed by atoms with Crippen molar-refractivity contribution in [3.05, 3.63) is 56.8 Å². The van der Waals surface area contributed by atoms with Gasteiger partial charge in [0.05, 0.1) is 35.9 Å². The maximum atomic E-state index is 12.7. The molecule has 0 radical (unpaired) electrons. The van der Waals surface area contributed by atoms with Crippen molar-refractivity contribution in [2.24, 2.45) is 0 Å². The average molecular weight is 500 g/mol. The number of anilines is 1. The molecule has 31 heavy (non-hydrogen) atoms. The summed E-state index contributed by atoms with van der Waals surface area (Å²) >= 11 is 18.1. The number of aromatic nitrogens is 1. The molecule has 0 spiro atoms. The van der Waals surface area contributed by atoms with Gasteiger partial charge in [-0.1, -0.05) is 34.8 Å². The van der Waals surface area contributed by atoms with Crippen LogP contribution in [0.2, 0.25) is 15.1 Å². The number of nitrogens with one attached hydrogen (secondary N) is 1. The van der Waals surface area contributed by atoms with Crippen LogP contribution >= 0.6 is 34.8 Å². The lowest BCUT2D eigenvalue weighted by atomic mass is 10.2. The number of alkyl halides is 3. The molecule has 0 atom stereocenters. The fourth-order valence-electron chi connectivity index (χ4n) is 2.07. The van der Waals surface area contributed by atoms with Gasteiger partial charge in [-0.05, 0) is 18.2 Å². The molecule has 0 aliphatic heterocycles. The lowest BCUT2D eigenvalue weighted by molar-refractivity contribution is -0.138. The minimum Gasteiger partial charge on any atom is -0.466 e. The van der Waals surface area contributed by atoms with E-state index in [1.54, 1.807) is 0 Å². The van der Waals surface area contributed by atoms with Crippen molar-refractivity contribution in [1.29, 1.82) is 0 Å². The molecule has 0 fully saturated rings. The highest BCUT2D eigenvalue weighted by Gasteiger charge is 2.32. The third-order valence-electron chi connectivity index (χ3n) is 3.48. The summed E-state index contributed by atoms with van der Waals surface area (Å²) in [5, 5.41) is 1.98. The summed E-state index contributed by atoms with van der Waals surface area (Å²) in [6.45, 7) is 0. The molecular weight excluding hydrogens is 488 g/mol. The van der Waals surface area contributed by atoms with Crippen molar-refractivity contribution in [1.82, 2.24) is 4.98 Å². The van der Waals surface area contributed by atoms with Crippen LogP contribution in [-0.4, -0.2) is 31.1 Å². The Bertz CT molecular complexity index is 1020. The summed E-state index contributed by atoms with van der Waals surface area (Å²) in [5.74, 6) is -2.22. The number of hydrogen-bond donors (Lipinski definition) is 1. The van der Waals surface area contributed by atoms with Gasteiger partial charge in [0.15, 0.2) is 5.75 Å². The number of ether oxygens (including phenoxy) is 3. The number of pyridine rings is 1.